The van der Waals surface area contributed by atoms with Gasteiger partial charge in [-0.3, -0.25) is 10.2 Å². The highest BCUT2D eigenvalue weighted by atomic mass is 16.5. The van der Waals surface area contributed by atoms with Crippen molar-refractivity contribution in [3.05, 3.63) is 0 Å². The fourth-order valence-corrected chi connectivity index (χ4v) is 1.42. The monoisotopic (exact) mass is 215 g/mol. The van der Waals surface area contributed by atoms with E-state index in [1.165, 1.54) is 0 Å². The number of urea groups is 1. The summed E-state index contributed by atoms with van der Waals surface area (Å²) in [6.07, 6.45) is 0.422. The van der Waals surface area contributed by atoms with E-state index < -0.39 is 12.1 Å². The number of hydrogen-bond donors (Lipinski definition) is 3. The van der Waals surface area contributed by atoms with Gasteiger partial charge < -0.3 is 10.1 Å². The average molecular weight is 215 g/mol. The largest absolute Gasteiger partial charge is 0.368 e. The van der Waals surface area contributed by atoms with Crippen molar-refractivity contribution in [1.29, 1.82) is 0 Å². The van der Waals surface area contributed by atoms with Gasteiger partial charge in [0.1, 0.15) is 6.10 Å². The van der Waals surface area contributed by atoms with E-state index in [-0.39, 0.29) is 11.8 Å². The molecule has 86 valence electrons. The van der Waals surface area contributed by atoms with Gasteiger partial charge in [0.2, 0.25) is 0 Å². The van der Waals surface area contributed by atoms with Crippen LogP contribution in [0.25, 0.3) is 0 Å². The molecule has 0 spiro atoms. The number of rotatable bonds is 2. The van der Waals surface area contributed by atoms with Crippen LogP contribution in [0, 0.1) is 5.92 Å². The van der Waals surface area contributed by atoms with E-state index in [4.69, 9.17) is 4.74 Å². The predicted molar refractivity (Wildman–Crippen MR) is 53.9 cm³/mol. The van der Waals surface area contributed by atoms with Crippen molar-refractivity contribution >= 4 is 11.9 Å². The van der Waals surface area contributed by atoms with Gasteiger partial charge in [0.05, 0.1) is 0 Å². The molecule has 1 aliphatic rings. The Kier molecular flexibility index (Phi) is 4.36. The third kappa shape index (κ3) is 3.39. The summed E-state index contributed by atoms with van der Waals surface area (Å²) in [5.74, 6) is -0.104. The molecular formula is C9H17N3O3. The lowest BCUT2D eigenvalue weighted by Gasteiger charge is -2.14. The van der Waals surface area contributed by atoms with Gasteiger partial charge in [-0.25, -0.2) is 10.2 Å². The number of carbonyl (C=O) groups excluding carboxylic acids is 2. The summed E-state index contributed by atoms with van der Waals surface area (Å²) in [7, 11) is 0. The highest BCUT2D eigenvalue weighted by molar-refractivity contribution is 5.84. The van der Waals surface area contributed by atoms with Crippen molar-refractivity contribution in [2.45, 2.75) is 26.4 Å². The zero-order chi connectivity index (χ0) is 11.3. The maximum Gasteiger partial charge on any atom is 0.333 e. The molecule has 0 unspecified atom stereocenters. The van der Waals surface area contributed by atoms with Crippen molar-refractivity contribution in [2.75, 3.05) is 13.2 Å². The molecule has 0 aromatic heterocycles. The van der Waals surface area contributed by atoms with E-state index in [0.717, 1.165) is 6.42 Å². The molecule has 3 amide bonds. The van der Waals surface area contributed by atoms with Gasteiger partial charge in [0.25, 0.3) is 5.91 Å². The van der Waals surface area contributed by atoms with Crippen LogP contribution in [-0.4, -0.2) is 31.2 Å². The minimum Gasteiger partial charge on any atom is -0.368 e. The second-order valence-electron chi connectivity index (χ2n) is 3.53. The van der Waals surface area contributed by atoms with Crippen LogP contribution < -0.4 is 16.2 Å². The Hall–Kier alpha value is -1.30. The van der Waals surface area contributed by atoms with Crippen LogP contribution in [0.3, 0.4) is 0 Å². The minimum atomic E-state index is -0.452. The second kappa shape index (κ2) is 5.55. The highest BCUT2D eigenvalue weighted by Crippen LogP contribution is 2.19. The molecule has 1 heterocycles. The van der Waals surface area contributed by atoms with Crippen molar-refractivity contribution in [2.24, 2.45) is 5.92 Å². The molecule has 1 aliphatic heterocycles. The van der Waals surface area contributed by atoms with Crippen LogP contribution in [0.2, 0.25) is 0 Å². The lowest BCUT2D eigenvalue weighted by Crippen LogP contribution is -2.50. The Morgan fingerprint density at radius 2 is 2.13 bits per heavy atom. The topological polar surface area (TPSA) is 79.5 Å². The summed E-state index contributed by atoms with van der Waals surface area (Å²) in [4.78, 5) is 22.5. The van der Waals surface area contributed by atoms with Crippen LogP contribution in [0.4, 0.5) is 4.79 Å². The first-order valence-corrected chi connectivity index (χ1v) is 5.10. The fourth-order valence-electron chi connectivity index (χ4n) is 1.42. The molecule has 1 saturated heterocycles. The normalized spacial score (nSPS) is 24.7. The zero-order valence-electron chi connectivity index (χ0n) is 9.00. The smallest absolute Gasteiger partial charge is 0.333 e. The van der Waals surface area contributed by atoms with Gasteiger partial charge in [-0.1, -0.05) is 6.92 Å². The highest BCUT2D eigenvalue weighted by Gasteiger charge is 2.30. The van der Waals surface area contributed by atoms with E-state index in [9.17, 15) is 9.59 Å². The van der Waals surface area contributed by atoms with E-state index in [2.05, 4.69) is 16.2 Å². The van der Waals surface area contributed by atoms with Crippen molar-refractivity contribution in [3.8, 4) is 0 Å². The third-order valence-electron chi connectivity index (χ3n) is 2.28. The van der Waals surface area contributed by atoms with Crippen LogP contribution in [0.15, 0.2) is 0 Å². The Morgan fingerprint density at radius 3 is 2.67 bits per heavy atom. The summed E-state index contributed by atoms with van der Waals surface area (Å²) in [6, 6.07) is -0.420. The lowest BCUT2D eigenvalue weighted by atomic mass is 10.0. The van der Waals surface area contributed by atoms with Gasteiger partial charge in [0.15, 0.2) is 0 Å². The summed E-state index contributed by atoms with van der Waals surface area (Å²) in [5.41, 5.74) is 4.56. The molecule has 0 radical (unpaired) electrons. The summed E-state index contributed by atoms with van der Waals surface area (Å²) in [6.45, 7) is 4.85. The average Bonchev–Trinajstić information content (AvgIpc) is 2.61. The molecule has 1 fully saturated rings. The first-order chi connectivity index (χ1) is 7.15. The van der Waals surface area contributed by atoms with Gasteiger partial charge in [-0.15, -0.1) is 0 Å². The number of hydrogen-bond acceptors (Lipinski definition) is 3. The maximum atomic E-state index is 11.5. The molecule has 6 nitrogen and oxygen atoms in total. The SMILES string of the molecule is CCNC(=O)NNC(=O)[C@H]1OCC[C@H]1C. The van der Waals surface area contributed by atoms with Gasteiger partial charge in [-0.05, 0) is 19.3 Å². The molecule has 0 saturated carbocycles. The molecular weight excluding hydrogens is 198 g/mol. The first kappa shape index (κ1) is 11.8. The molecule has 15 heavy (non-hydrogen) atoms. The second-order valence-corrected chi connectivity index (χ2v) is 3.53. The molecule has 0 aromatic rings. The number of ether oxygens (including phenoxy) is 1. The first-order valence-electron chi connectivity index (χ1n) is 5.10. The predicted octanol–water partition coefficient (Wildman–Crippen LogP) is -0.238. The van der Waals surface area contributed by atoms with E-state index >= 15 is 0 Å². The summed E-state index contributed by atoms with van der Waals surface area (Å²) < 4.78 is 5.24. The van der Waals surface area contributed by atoms with Crippen LogP contribution in [0.1, 0.15) is 20.3 Å². The lowest BCUT2D eigenvalue weighted by molar-refractivity contribution is -0.132. The third-order valence-corrected chi connectivity index (χ3v) is 2.28. The van der Waals surface area contributed by atoms with Crippen LogP contribution in [-0.2, 0) is 9.53 Å². The molecule has 3 N–H and O–H groups in total. The Labute approximate surface area is 88.7 Å². The van der Waals surface area contributed by atoms with Crippen molar-refractivity contribution < 1.29 is 14.3 Å². The minimum absolute atomic E-state index is 0.195. The molecule has 0 bridgehead atoms. The molecule has 6 heteroatoms. The van der Waals surface area contributed by atoms with Crippen molar-refractivity contribution in [3.63, 3.8) is 0 Å². The maximum absolute atomic E-state index is 11.5. The van der Waals surface area contributed by atoms with Crippen molar-refractivity contribution in [1.82, 2.24) is 16.2 Å². The van der Waals surface area contributed by atoms with Crippen LogP contribution in [0.5, 0.6) is 0 Å². The fraction of sp³-hybridized carbons (Fsp3) is 0.778. The standard InChI is InChI=1S/C9H17N3O3/c1-3-10-9(14)12-11-8(13)7-6(2)4-5-15-7/h6-7H,3-5H2,1-2H3,(H,11,13)(H2,10,12,14)/t6-,7+/m1/s1. The zero-order valence-corrected chi connectivity index (χ0v) is 9.00. The summed E-state index contributed by atoms with van der Waals surface area (Å²) >= 11 is 0. The molecule has 0 aliphatic carbocycles. The quantitative estimate of drug-likeness (QED) is 0.556. The van der Waals surface area contributed by atoms with Crippen LogP contribution >= 0.6 is 0 Å². The van der Waals surface area contributed by atoms with E-state index in [1.807, 2.05) is 6.92 Å². The van der Waals surface area contributed by atoms with Gasteiger partial charge >= 0.3 is 6.03 Å². The number of amides is 3. The van der Waals surface area contributed by atoms with Gasteiger partial charge in [-0.2, -0.15) is 0 Å². The molecule has 0 aromatic carbocycles. The van der Waals surface area contributed by atoms with E-state index in [1.54, 1.807) is 6.92 Å². The molecule has 1 rings (SSSR count). The summed E-state index contributed by atoms with van der Waals surface area (Å²) in [5, 5.41) is 2.50. The molecule has 2 atom stereocenters. The Balaban J connectivity index is 2.26. The number of nitrogens with one attached hydrogen (secondary N) is 3. The Morgan fingerprint density at radius 1 is 1.40 bits per heavy atom. The van der Waals surface area contributed by atoms with Gasteiger partial charge in [0, 0.05) is 13.2 Å². The number of hydrazine groups is 1. The number of carbonyl (C=O) groups is 2. The Bertz CT molecular complexity index is 245. The van der Waals surface area contributed by atoms with E-state index in [0.29, 0.717) is 13.2 Å².